The third kappa shape index (κ3) is 3.56. The highest BCUT2D eigenvalue weighted by molar-refractivity contribution is 6.30. The second-order valence-corrected chi connectivity index (χ2v) is 8.03. The normalized spacial score (nSPS) is 14.0. The average molecular weight is 427 g/mol. The molecule has 0 fully saturated rings. The number of aromatic nitrogens is 2. The third-order valence-corrected chi connectivity index (χ3v) is 5.70. The van der Waals surface area contributed by atoms with Crippen molar-refractivity contribution in [3.63, 3.8) is 0 Å². The van der Waals surface area contributed by atoms with Gasteiger partial charge < -0.3 is 4.74 Å². The first-order chi connectivity index (χ1) is 15.0. The number of aryl methyl sites for hydroxylation is 2. The number of benzene rings is 3. The molecule has 4 aromatic rings. The van der Waals surface area contributed by atoms with E-state index in [2.05, 4.69) is 0 Å². The maximum absolute atomic E-state index is 13.0. The maximum Gasteiger partial charge on any atom is 0.231 e. The van der Waals surface area contributed by atoms with Crippen LogP contribution in [0.5, 0.6) is 5.75 Å². The van der Waals surface area contributed by atoms with Gasteiger partial charge in [-0.05, 0) is 67.4 Å². The zero-order valence-electron chi connectivity index (χ0n) is 17.1. The molecule has 0 bridgehead atoms. The molecule has 1 aromatic heterocycles. The molecule has 31 heavy (non-hydrogen) atoms. The molecular weight excluding hydrogens is 408 g/mol. The van der Waals surface area contributed by atoms with E-state index in [1.807, 2.05) is 86.8 Å². The molecule has 0 spiro atoms. The van der Waals surface area contributed by atoms with E-state index in [0.717, 1.165) is 33.6 Å². The van der Waals surface area contributed by atoms with E-state index in [1.54, 1.807) is 10.8 Å². The summed E-state index contributed by atoms with van der Waals surface area (Å²) in [5, 5.41) is 5.44. The Labute approximate surface area is 185 Å². The lowest BCUT2D eigenvalue weighted by Gasteiger charge is -2.02. The first kappa shape index (κ1) is 19.3. The van der Waals surface area contributed by atoms with E-state index in [-0.39, 0.29) is 5.78 Å². The molecule has 1 aliphatic rings. The number of carbonyl (C=O) groups excluding carboxylic acids is 1. The Kier molecular flexibility index (Phi) is 4.72. The average Bonchev–Trinajstić information content (AvgIpc) is 3.32. The van der Waals surface area contributed by atoms with Crippen LogP contribution < -0.4 is 4.74 Å². The van der Waals surface area contributed by atoms with E-state index >= 15 is 0 Å². The van der Waals surface area contributed by atoms with Crippen molar-refractivity contribution in [1.29, 1.82) is 0 Å². The Hall–Kier alpha value is -3.63. The third-order valence-electron chi connectivity index (χ3n) is 5.45. The second-order valence-electron chi connectivity index (χ2n) is 7.59. The van der Waals surface area contributed by atoms with Crippen LogP contribution in [0.1, 0.15) is 27.0 Å². The van der Waals surface area contributed by atoms with Crippen molar-refractivity contribution in [2.75, 3.05) is 0 Å². The highest BCUT2D eigenvalue weighted by Crippen LogP contribution is 2.35. The van der Waals surface area contributed by atoms with Gasteiger partial charge in [-0.1, -0.05) is 41.9 Å². The van der Waals surface area contributed by atoms with Gasteiger partial charge in [-0.25, -0.2) is 4.68 Å². The molecule has 0 atom stereocenters. The molecule has 1 aliphatic heterocycles. The Bertz CT molecular complexity index is 1340. The van der Waals surface area contributed by atoms with Gasteiger partial charge in [0.25, 0.3) is 0 Å². The van der Waals surface area contributed by atoms with Crippen LogP contribution in [-0.4, -0.2) is 15.6 Å². The molecule has 0 unspecified atom stereocenters. The minimum Gasteiger partial charge on any atom is -0.452 e. The molecule has 0 radical (unpaired) electrons. The zero-order valence-corrected chi connectivity index (χ0v) is 17.9. The summed E-state index contributed by atoms with van der Waals surface area (Å²) in [6.45, 7) is 4.00. The summed E-state index contributed by atoms with van der Waals surface area (Å²) in [6.07, 6.45) is 3.67. The molecule has 152 valence electrons. The minimum atomic E-state index is -0.118. The fourth-order valence-corrected chi connectivity index (χ4v) is 3.75. The highest BCUT2D eigenvalue weighted by Gasteiger charge is 2.28. The van der Waals surface area contributed by atoms with Crippen LogP contribution in [0.3, 0.4) is 0 Å². The quantitative estimate of drug-likeness (QED) is 0.355. The van der Waals surface area contributed by atoms with Crippen molar-refractivity contribution >= 4 is 23.5 Å². The number of nitrogens with zero attached hydrogens (tertiary/aromatic N) is 2. The number of hydrogen-bond donors (Lipinski definition) is 0. The van der Waals surface area contributed by atoms with Gasteiger partial charge in [0.1, 0.15) is 11.4 Å². The molecular formula is C26H19ClN2O2. The Morgan fingerprint density at radius 3 is 2.42 bits per heavy atom. The van der Waals surface area contributed by atoms with Gasteiger partial charge in [0, 0.05) is 22.3 Å². The lowest BCUT2D eigenvalue weighted by molar-refractivity contribution is 0.101. The van der Waals surface area contributed by atoms with E-state index in [0.29, 0.717) is 22.1 Å². The monoisotopic (exact) mass is 426 g/mol. The summed E-state index contributed by atoms with van der Waals surface area (Å²) in [5.74, 6) is 0.776. The zero-order chi connectivity index (χ0) is 21.5. The molecule has 0 saturated heterocycles. The largest absolute Gasteiger partial charge is 0.452 e. The molecule has 0 N–H and O–H groups in total. The van der Waals surface area contributed by atoms with Crippen LogP contribution in [0, 0.1) is 13.8 Å². The maximum atomic E-state index is 13.0. The number of allylic oxidation sites excluding steroid dienone is 1. The second kappa shape index (κ2) is 7.56. The predicted octanol–water partition coefficient (Wildman–Crippen LogP) is 6.43. The molecule has 0 amide bonds. The summed E-state index contributed by atoms with van der Waals surface area (Å²) in [5.41, 5.74) is 6.11. The predicted molar refractivity (Wildman–Crippen MR) is 123 cm³/mol. The van der Waals surface area contributed by atoms with Crippen molar-refractivity contribution < 1.29 is 9.53 Å². The molecule has 0 saturated carbocycles. The summed E-state index contributed by atoms with van der Waals surface area (Å²) >= 11 is 6.07. The minimum absolute atomic E-state index is 0.118. The molecule has 5 rings (SSSR count). The van der Waals surface area contributed by atoms with Crippen molar-refractivity contribution in [3.05, 3.63) is 106 Å². The number of ketones is 1. The van der Waals surface area contributed by atoms with Crippen molar-refractivity contribution in [3.8, 4) is 22.7 Å². The van der Waals surface area contributed by atoms with Gasteiger partial charge in [-0.3, -0.25) is 4.79 Å². The van der Waals surface area contributed by atoms with Crippen molar-refractivity contribution in [2.45, 2.75) is 13.8 Å². The van der Waals surface area contributed by atoms with Crippen molar-refractivity contribution in [1.82, 2.24) is 9.78 Å². The first-order valence-electron chi connectivity index (χ1n) is 9.96. The van der Waals surface area contributed by atoms with Crippen LogP contribution in [0.2, 0.25) is 5.02 Å². The van der Waals surface area contributed by atoms with Gasteiger partial charge in [0.15, 0.2) is 5.76 Å². The number of para-hydroxylation sites is 1. The van der Waals surface area contributed by atoms with Crippen LogP contribution in [0.25, 0.3) is 23.0 Å². The first-order valence-corrected chi connectivity index (χ1v) is 10.3. The number of ether oxygens (including phenoxy) is 1. The number of Topliss-reactive ketones (excluding diaryl/α,β-unsaturated/α-hetero) is 1. The SMILES string of the molecule is Cc1cc2c(cc1C)C(=O)/C(=C/c1cn(-c3ccccc3)nc1-c1ccc(Cl)cc1)O2. The lowest BCUT2D eigenvalue weighted by Crippen LogP contribution is -1.98. The van der Waals surface area contributed by atoms with E-state index in [9.17, 15) is 4.79 Å². The fraction of sp³-hybridized carbons (Fsp3) is 0.0769. The molecule has 0 aliphatic carbocycles. The van der Waals surface area contributed by atoms with Crippen LogP contribution in [-0.2, 0) is 0 Å². The summed E-state index contributed by atoms with van der Waals surface area (Å²) < 4.78 is 7.74. The number of rotatable bonds is 3. The number of fused-ring (bicyclic) bond motifs is 1. The van der Waals surface area contributed by atoms with Gasteiger partial charge in [0.05, 0.1) is 11.3 Å². The number of carbonyl (C=O) groups is 1. The molecule has 4 nitrogen and oxygen atoms in total. The van der Waals surface area contributed by atoms with Crippen LogP contribution in [0.4, 0.5) is 0 Å². The molecule has 5 heteroatoms. The Morgan fingerprint density at radius 1 is 0.968 bits per heavy atom. The Balaban J connectivity index is 1.62. The van der Waals surface area contributed by atoms with E-state index < -0.39 is 0 Å². The Morgan fingerprint density at radius 2 is 1.68 bits per heavy atom. The van der Waals surface area contributed by atoms with Gasteiger partial charge >= 0.3 is 0 Å². The topological polar surface area (TPSA) is 44.1 Å². The standard InChI is InChI=1S/C26H19ClN2O2/c1-16-12-22-23(13-17(16)2)31-24(26(22)30)14-19-15-29(21-6-4-3-5-7-21)28-25(19)18-8-10-20(27)11-9-18/h3-15H,1-2H3/b24-14-. The number of halogens is 1. The molecule has 3 aromatic carbocycles. The fourth-order valence-electron chi connectivity index (χ4n) is 3.62. The summed E-state index contributed by atoms with van der Waals surface area (Å²) in [4.78, 5) is 13.0. The van der Waals surface area contributed by atoms with Crippen molar-refractivity contribution in [2.24, 2.45) is 0 Å². The summed E-state index contributed by atoms with van der Waals surface area (Å²) in [7, 11) is 0. The highest BCUT2D eigenvalue weighted by atomic mass is 35.5. The molecule has 2 heterocycles. The summed E-state index contributed by atoms with van der Waals surface area (Å²) in [6, 6.07) is 21.1. The lowest BCUT2D eigenvalue weighted by atomic mass is 10.0. The van der Waals surface area contributed by atoms with E-state index in [1.165, 1.54) is 0 Å². The van der Waals surface area contributed by atoms with Gasteiger partial charge in [0.2, 0.25) is 5.78 Å². The van der Waals surface area contributed by atoms with Gasteiger partial charge in [-0.2, -0.15) is 5.10 Å². The van der Waals surface area contributed by atoms with Crippen LogP contribution >= 0.6 is 11.6 Å². The smallest absolute Gasteiger partial charge is 0.231 e. The number of hydrogen-bond acceptors (Lipinski definition) is 3. The van der Waals surface area contributed by atoms with Gasteiger partial charge in [-0.15, -0.1) is 0 Å². The van der Waals surface area contributed by atoms with E-state index in [4.69, 9.17) is 21.4 Å². The van der Waals surface area contributed by atoms with Crippen LogP contribution in [0.15, 0.2) is 78.7 Å².